The van der Waals surface area contributed by atoms with Gasteiger partial charge in [0.25, 0.3) is 0 Å². The van der Waals surface area contributed by atoms with Gasteiger partial charge in [0.15, 0.2) is 5.13 Å². The highest BCUT2D eigenvalue weighted by molar-refractivity contribution is 7.13. The maximum Gasteiger partial charge on any atom is 0.185 e. The summed E-state index contributed by atoms with van der Waals surface area (Å²) < 4.78 is 0. The largest absolute Gasteiger partial charge is 0.394 e. The Kier molecular flexibility index (Phi) is 4.11. The molecular weight excluding hydrogens is 226 g/mol. The van der Waals surface area contributed by atoms with Gasteiger partial charge in [-0.25, -0.2) is 4.98 Å². The van der Waals surface area contributed by atoms with E-state index in [-0.39, 0.29) is 6.61 Å². The number of β-amino-alcohol motifs (C(OH)–C–C–N with tert-alkyl or cyclic N) is 1. The van der Waals surface area contributed by atoms with Crippen LogP contribution in [0.4, 0.5) is 5.13 Å². The average Bonchev–Trinajstić information content (AvgIpc) is 2.83. The summed E-state index contributed by atoms with van der Waals surface area (Å²) in [6.07, 6.45) is 1.20. The normalized spacial score (nSPS) is 20.0. The van der Waals surface area contributed by atoms with Crippen LogP contribution in [0.5, 0.6) is 0 Å². The topological polar surface area (TPSA) is 59.8 Å². The van der Waals surface area contributed by atoms with Gasteiger partial charge in [-0.1, -0.05) is 0 Å². The summed E-state index contributed by atoms with van der Waals surface area (Å²) in [5, 5.41) is 21.2. The molecule has 1 aromatic rings. The summed E-state index contributed by atoms with van der Waals surface area (Å²) in [7, 11) is 0. The van der Waals surface area contributed by atoms with Crippen molar-refractivity contribution in [2.24, 2.45) is 0 Å². The summed E-state index contributed by atoms with van der Waals surface area (Å²) in [6, 6.07) is 0. The minimum absolute atomic E-state index is 0.160. The van der Waals surface area contributed by atoms with Crippen LogP contribution in [0.15, 0.2) is 11.6 Å². The first kappa shape index (κ1) is 11.8. The number of thiazole rings is 1. The van der Waals surface area contributed by atoms with Gasteiger partial charge < -0.3 is 15.1 Å². The van der Waals surface area contributed by atoms with Crippen LogP contribution in [0.2, 0.25) is 0 Å². The van der Waals surface area contributed by atoms with E-state index in [0.29, 0.717) is 6.54 Å². The van der Waals surface area contributed by atoms with E-state index in [1.54, 1.807) is 11.3 Å². The molecule has 2 N–H and O–H groups in total. The first-order valence-electron chi connectivity index (χ1n) is 5.45. The van der Waals surface area contributed by atoms with Crippen LogP contribution >= 0.6 is 11.3 Å². The molecule has 0 radical (unpaired) electrons. The Morgan fingerprint density at radius 2 is 2.12 bits per heavy atom. The molecule has 1 unspecified atom stereocenters. The molecule has 0 saturated carbocycles. The van der Waals surface area contributed by atoms with Crippen molar-refractivity contribution in [1.29, 1.82) is 0 Å². The first-order chi connectivity index (χ1) is 7.79. The van der Waals surface area contributed by atoms with Crippen LogP contribution in [0.3, 0.4) is 0 Å². The Bertz CT molecular complexity index is 299. The molecule has 0 amide bonds. The molecule has 2 heterocycles. The maximum absolute atomic E-state index is 9.34. The molecule has 1 aromatic heterocycles. The van der Waals surface area contributed by atoms with Crippen LogP contribution in [0.25, 0.3) is 0 Å². The second-order valence-electron chi connectivity index (χ2n) is 3.94. The zero-order valence-corrected chi connectivity index (χ0v) is 9.94. The summed E-state index contributed by atoms with van der Waals surface area (Å²) in [5.74, 6) is 0. The SMILES string of the molecule is OCC(O)CN1CCN(c2nccs2)CC1. The molecule has 16 heavy (non-hydrogen) atoms. The summed E-state index contributed by atoms with van der Waals surface area (Å²) in [4.78, 5) is 8.71. The number of piperazine rings is 1. The van der Waals surface area contributed by atoms with E-state index in [1.165, 1.54) is 0 Å². The molecular formula is C10H17N3O2S. The van der Waals surface area contributed by atoms with Gasteiger partial charge in [0, 0.05) is 44.3 Å². The molecule has 1 atom stereocenters. The second-order valence-corrected chi connectivity index (χ2v) is 4.81. The van der Waals surface area contributed by atoms with Gasteiger partial charge in [-0.3, -0.25) is 4.90 Å². The van der Waals surface area contributed by atoms with E-state index in [9.17, 15) is 5.11 Å². The van der Waals surface area contributed by atoms with E-state index in [2.05, 4.69) is 14.8 Å². The standard InChI is InChI=1S/C10H17N3O2S/c14-8-9(15)7-12-2-4-13(5-3-12)10-11-1-6-16-10/h1,6,9,14-15H,2-5,7-8H2. The molecule has 0 spiro atoms. The fraction of sp³-hybridized carbons (Fsp3) is 0.700. The van der Waals surface area contributed by atoms with Crippen LogP contribution in [0, 0.1) is 0 Å². The van der Waals surface area contributed by atoms with Crippen molar-refractivity contribution in [3.8, 4) is 0 Å². The van der Waals surface area contributed by atoms with E-state index < -0.39 is 6.10 Å². The molecule has 1 aliphatic heterocycles. The maximum atomic E-state index is 9.34. The molecule has 0 aliphatic carbocycles. The highest BCUT2D eigenvalue weighted by Gasteiger charge is 2.19. The Morgan fingerprint density at radius 3 is 2.69 bits per heavy atom. The molecule has 2 rings (SSSR count). The summed E-state index contributed by atoms with van der Waals surface area (Å²) in [5.41, 5.74) is 0. The van der Waals surface area contributed by atoms with E-state index in [0.717, 1.165) is 31.3 Å². The lowest BCUT2D eigenvalue weighted by molar-refractivity contribution is 0.0575. The minimum Gasteiger partial charge on any atom is -0.394 e. The Hall–Kier alpha value is -0.690. The fourth-order valence-corrected chi connectivity index (χ4v) is 2.55. The predicted molar refractivity (Wildman–Crippen MR) is 63.9 cm³/mol. The van der Waals surface area contributed by atoms with Crippen LogP contribution in [0.1, 0.15) is 0 Å². The second kappa shape index (κ2) is 5.58. The van der Waals surface area contributed by atoms with Gasteiger partial charge in [-0.15, -0.1) is 11.3 Å². The predicted octanol–water partition coefficient (Wildman–Crippen LogP) is -0.382. The molecule has 0 bridgehead atoms. The summed E-state index contributed by atoms with van der Waals surface area (Å²) >= 11 is 1.66. The number of nitrogens with zero attached hydrogens (tertiary/aromatic N) is 3. The van der Waals surface area contributed by atoms with E-state index in [4.69, 9.17) is 5.11 Å². The lowest BCUT2D eigenvalue weighted by Crippen LogP contribution is -2.49. The van der Waals surface area contributed by atoms with Gasteiger partial charge in [-0.2, -0.15) is 0 Å². The number of aliphatic hydroxyl groups is 2. The number of aromatic nitrogens is 1. The Morgan fingerprint density at radius 1 is 1.38 bits per heavy atom. The number of aliphatic hydroxyl groups excluding tert-OH is 2. The van der Waals surface area contributed by atoms with Crippen LogP contribution in [-0.4, -0.2) is 65.5 Å². The van der Waals surface area contributed by atoms with Gasteiger partial charge in [-0.05, 0) is 0 Å². The lowest BCUT2D eigenvalue weighted by Gasteiger charge is -2.35. The minimum atomic E-state index is -0.619. The lowest BCUT2D eigenvalue weighted by atomic mass is 10.3. The molecule has 1 saturated heterocycles. The number of anilines is 1. The van der Waals surface area contributed by atoms with Crippen molar-refractivity contribution in [1.82, 2.24) is 9.88 Å². The highest BCUT2D eigenvalue weighted by atomic mass is 32.1. The highest BCUT2D eigenvalue weighted by Crippen LogP contribution is 2.18. The zero-order chi connectivity index (χ0) is 11.4. The van der Waals surface area contributed by atoms with E-state index in [1.807, 2.05) is 11.6 Å². The quantitative estimate of drug-likeness (QED) is 0.755. The van der Waals surface area contributed by atoms with Gasteiger partial charge in [0.2, 0.25) is 0 Å². The van der Waals surface area contributed by atoms with Gasteiger partial charge >= 0.3 is 0 Å². The zero-order valence-electron chi connectivity index (χ0n) is 9.12. The number of hydrogen-bond donors (Lipinski definition) is 2. The van der Waals surface area contributed by atoms with Crippen LogP contribution < -0.4 is 4.90 Å². The molecule has 0 aromatic carbocycles. The molecule has 6 heteroatoms. The van der Waals surface area contributed by atoms with Crippen LogP contribution in [-0.2, 0) is 0 Å². The van der Waals surface area contributed by atoms with Crippen molar-refractivity contribution in [2.75, 3.05) is 44.2 Å². The van der Waals surface area contributed by atoms with Crippen molar-refractivity contribution < 1.29 is 10.2 Å². The molecule has 1 fully saturated rings. The molecule has 5 nitrogen and oxygen atoms in total. The average molecular weight is 243 g/mol. The number of hydrogen-bond acceptors (Lipinski definition) is 6. The van der Waals surface area contributed by atoms with Gasteiger partial charge in [0.05, 0.1) is 12.7 Å². The third-order valence-corrected chi connectivity index (χ3v) is 3.57. The summed E-state index contributed by atoms with van der Waals surface area (Å²) in [6.45, 7) is 4.10. The van der Waals surface area contributed by atoms with Crippen molar-refractivity contribution in [2.45, 2.75) is 6.10 Å². The van der Waals surface area contributed by atoms with E-state index >= 15 is 0 Å². The third kappa shape index (κ3) is 2.91. The number of rotatable bonds is 4. The monoisotopic (exact) mass is 243 g/mol. The molecule has 1 aliphatic rings. The van der Waals surface area contributed by atoms with Crippen molar-refractivity contribution in [3.63, 3.8) is 0 Å². The van der Waals surface area contributed by atoms with Crippen molar-refractivity contribution >= 4 is 16.5 Å². The third-order valence-electron chi connectivity index (χ3n) is 2.74. The first-order valence-corrected chi connectivity index (χ1v) is 6.33. The fourth-order valence-electron chi connectivity index (χ4n) is 1.85. The smallest absolute Gasteiger partial charge is 0.185 e. The van der Waals surface area contributed by atoms with Gasteiger partial charge in [0.1, 0.15) is 0 Å². The molecule has 90 valence electrons. The van der Waals surface area contributed by atoms with Crippen molar-refractivity contribution in [3.05, 3.63) is 11.6 Å². The Balaban J connectivity index is 1.78. The Labute approximate surface area is 98.9 Å².